The van der Waals surface area contributed by atoms with Crippen LogP contribution in [0.4, 0.5) is 16.2 Å². The SMILES string of the molecule is Cc1ccc(NC(=O)N2CCCC2C(=O)Nc2cccc3ccccc23)cc1. The highest BCUT2D eigenvalue weighted by molar-refractivity contribution is 6.05. The van der Waals surface area contributed by atoms with Crippen LogP contribution in [0.5, 0.6) is 0 Å². The maximum atomic E-state index is 12.9. The zero-order valence-electron chi connectivity index (χ0n) is 15.8. The van der Waals surface area contributed by atoms with Crippen LogP contribution in [0.15, 0.2) is 66.7 Å². The third kappa shape index (κ3) is 3.69. The molecule has 0 spiro atoms. The first-order valence-electron chi connectivity index (χ1n) is 9.55. The van der Waals surface area contributed by atoms with E-state index in [9.17, 15) is 9.59 Å². The second-order valence-electron chi connectivity index (χ2n) is 7.16. The topological polar surface area (TPSA) is 61.4 Å². The zero-order valence-corrected chi connectivity index (χ0v) is 15.8. The number of hydrogen-bond acceptors (Lipinski definition) is 2. The molecule has 1 aliphatic heterocycles. The Hall–Kier alpha value is -3.34. The minimum absolute atomic E-state index is 0.145. The molecule has 3 aromatic rings. The van der Waals surface area contributed by atoms with Crippen molar-refractivity contribution in [1.29, 1.82) is 0 Å². The van der Waals surface area contributed by atoms with E-state index in [1.807, 2.05) is 73.7 Å². The van der Waals surface area contributed by atoms with Crippen LogP contribution in [0.2, 0.25) is 0 Å². The summed E-state index contributed by atoms with van der Waals surface area (Å²) in [7, 11) is 0. The second kappa shape index (κ2) is 7.72. The summed E-state index contributed by atoms with van der Waals surface area (Å²) in [6.45, 7) is 2.57. The number of carbonyl (C=O) groups is 2. The standard InChI is InChI=1S/C23H23N3O2/c1-16-11-13-18(14-12-16)24-23(28)26-15-5-10-21(26)22(27)25-20-9-4-7-17-6-2-3-8-19(17)20/h2-4,6-9,11-14,21H,5,10,15H2,1H3,(H,24,28)(H,25,27). The van der Waals surface area contributed by atoms with Gasteiger partial charge in [0.25, 0.3) is 0 Å². The number of likely N-dealkylation sites (tertiary alicyclic amines) is 1. The number of benzene rings is 3. The summed E-state index contributed by atoms with van der Waals surface area (Å²) in [6.07, 6.45) is 1.48. The Labute approximate surface area is 164 Å². The number of nitrogens with one attached hydrogen (secondary N) is 2. The zero-order chi connectivity index (χ0) is 19.5. The summed E-state index contributed by atoms with van der Waals surface area (Å²) in [6, 6.07) is 20.7. The molecular weight excluding hydrogens is 350 g/mol. The molecule has 5 nitrogen and oxygen atoms in total. The average molecular weight is 373 g/mol. The highest BCUT2D eigenvalue weighted by atomic mass is 16.2. The molecule has 4 rings (SSSR count). The van der Waals surface area contributed by atoms with Gasteiger partial charge >= 0.3 is 6.03 Å². The van der Waals surface area contributed by atoms with Crippen molar-refractivity contribution in [2.24, 2.45) is 0 Å². The Morgan fingerprint density at radius 2 is 1.68 bits per heavy atom. The lowest BCUT2D eigenvalue weighted by Gasteiger charge is -2.24. The number of carbonyl (C=O) groups excluding carboxylic acids is 2. The first-order chi connectivity index (χ1) is 13.6. The molecule has 0 aliphatic carbocycles. The van der Waals surface area contributed by atoms with E-state index in [0.29, 0.717) is 13.0 Å². The first-order valence-corrected chi connectivity index (χ1v) is 9.55. The molecule has 28 heavy (non-hydrogen) atoms. The Bertz CT molecular complexity index is 1010. The Balaban J connectivity index is 1.48. The maximum absolute atomic E-state index is 12.9. The summed E-state index contributed by atoms with van der Waals surface area (Å²) in [5, 5.41) is 7.98. The van der Waals surface area contributed by atoms with Gasteiger partial charge < -0.3 is 15.5 Å². The fraction of sp³-hybridized carbons (Fsp3) is 0.217. The Morgan fingerprint density at radius 1 is 0.929 bits per heavy atom. The average Bonchev–Trinajstić information content (AvgIpc) is 3.20. The van der Waals surface area contributed by atoms with Gasteiger partial charge in [-0.3, -0.25) is 4.79 Å². The normalized spacial score (nSPS) is 16.2. The number of anilines is 2. The van der Waals surface area contributed by atoms with Crippen LogP contribution in [-0.4, -0.2) is 29.4 Å². The minimum Gasteiger partial charge on any atom is -0.324 e. The van der Waals surface area contributed by atoms with Crippen LogP contribution in [-0.2, 0) is 4.79 Å². The van der Waals surface area contributed by atoms with Crippen LogP contribution >= 0.6 is 0 Å². The van der Waals surface area contributed by atoms with Crippen LogP contribution in [0.3, 0.4) is 0 Å². The van der Waals surface area contributed by atoms with Gasteiger partial charge in [-0.1, -0.05) is 54.1 Å². The predicted molar refractivity (Wildman–Crippen MR) is 113 cm³/mol. The van der Waals surface area contributed by atoms with Crippen molar-refractivity contribution in [3.63, 3.8) is 0 Å². The number of urea groups is 1. The van der Waals surface area contributed by atoms with Crippen LogP contribution in [0.1, 0.15) is 18.4 Å². The number of hydrogen-bond donors (Lipinski definition) is 2. The quantitative estimate of drug-likeness (QED) is 0.694. The highest BCUT2D eigenvalue weighted by Crippen LogP contribution is 2.25. The van der Waals surface area contributed by atoms with E-state index < -0.39 is 6.04 Å². The third-order valence-electron chi connectivity index (χ3n) is 5.17. The molecule has 0 radical (unpaired) electrons. The molecule has 0 saturated carbocycles. The van der Waals surface area contributed by atoms with E-state index in [2.05, 4.69) is 10.6 Å². The second-order valence-corrected chi connectivity index (χ2v) is 7.16. The van der Waals surface area contributed by atoms with E-state index in [-0.39, 0.29) is 11.9 Å². The van der Waals surface area contributed by atoms with E-state index in [0.717, 1.165) is 34.1 Å². The predicted octanol–water partition coefficient (Wildman–Crippen LogP) is 4.78. The molecule has 5 heteroatoms. The number of fused-ring (bicyclic) bond motifs is 1. The first kappa shape index (κ1) is 18.0. The summed E-state index contributed by atoms with van der Waals surface area (Å²) in [5.41, 5.74) is 2.64. The molecule has 0 bridgehead atoms. The molecule has 0 aromatic heterocycles. The lowest BCUT2D eigenvalue weighted by molar-refractivity contribution is -0.119. The molecule has 1 unspecified atom stereocenters. The van der Waals surface area contributed by atoms with Gasteiger partial charge in [-0.05, 0) is 43.4 Å². The smallest absolute Gasteiger partial charge is 0.322 e. The van der Waals surface area contributed by atoms with Crippen LogP contribution in [0, 0.1) is 6.92 Å². The van der Waals surface area contributed by atoms with E-state index in [1.54, 1.807) is 4.90 Å². The van der Waals surface area contributed by atoms with Crippen molar-refractivity contribution in [2.45, 2.75) is 25.8 Å². The number of amides is 3. The molecular formula is C23H23N3O2. The van der Waals surface area contributed by atoms with Gasteiger partial charge in [0, 0.05) is 23.3 Å². The lowest BCUT2D eigenvalue weighted by Crippen LogP contribution is -2.45. The van der Waals surface area contributed by atoms with Crippen molar-refractivity contribution in [2.75, 3.05) is 17.2 Å². The number of aryl methyl sites for hydroxylation is 1. The van der Waals surface area contributed by atoms with Crippen molar-refractivity contribution in [3.8, 4) is 0 Å². The van der Waals surface area contributed by atoms with Crippen molar-refractivity contribution >= 4 is 34.1 Å². The number of rotatable bonds is 3. The van der Waals surface area contributed by atoms with Gasteiger partial charge in [-0.25, -0.2) is 4.79 Å². The fourth-order valence-electron chi connectivity index (χ4n) is 3.66. The van der Waals surface area contributed by atoms with Gasteiger partial charge in [-0.15, -0.1) is 0 Å². The van der Waals surface area contributed by atoms with E-state index in [1.165, 1.54) is 0 Å². The van der Waals surface area contributed by atoms with Gasteiger partial charge in [0.1, 0.15) is 6.04 Å². The highest BCUT2D eigenvalue weighted by Gasteiger charge is 2.34. The third-order valence-corrected chi connectivity index (χ3v) is 5.17. The summed E-state index contributed by atoms with van der Waals surface area (Å²) in [4.78, 5) is 27.3. The summed E-state index contributed by atoms with van der Waals surface area (Å²) < 4.78 is 0. The largest absolute Gasteiger partial charge is 0.324 e. The van der Waals surface area contributed by atoms with E-state index >= 15 is 0 Å². The Kier molecular flexibility index (Phi) is 4.98. The molecule has 142 valence electrons. The molecule has 3 aromatic carbocycles. The number of nitrogens with zero attached hydrogens (tertiary/aromatic N) is 1. The molecule has 3 amide bonds. The van der Waals surface area contributed by atoms with E-state index in [4.69, 9.17) is 0 Å². The maximum Gasteiger partial charge on any atom is 0.322 e. The molecule has 1 atom stereocenters. The van der Waals surface area contributed by atoms with Crippen molar-refractivity contribution in [1.82, 2.24) is 4.90 Å². The minimum atomic E-state index is -0.468. The van der Waals surface area contributed by atoms with Crippen molar-refractivity contribution in [3.05, 3.63) is 72.3 Å². The molecule has 1 heterocycles. The molecule has 2 N–H and O–H groups in total. The molecule has 1 saturated heterocycles. The van der Waals surface area contributed by atoms with Gasteiger partial charge in [0.05, 0.1) is 0 Å². The van der Waals surface area contributed by atoms with Gasteiger partial charge in [0.2, 0.25) is 5.91 Å². The summed E-state index contributed by atoms with van der Waals surface area (Å²) >= 11 is 0. The van der Waals surface area contributed by atoms with Crippen LogP contribution in [0.25, 0.3) is 10.8 Å². The fourth-order valence-corrected chi connectivity index (χ4v) is 3.66. The molecule has 1 aliphatic rings. The molecule has 1 fully saturated rings. The Morgan fingerprint density at radius 3 is 2.50 bits per heavy atom. The summed E-state index contributed by atoms with van der Waals surface area (Å²) in [5.74, 6) is -0.145. The lowest BCUT2D eigenvalue weighted by atomic mass is 10.1. The van der Waals surface area contributed by atoms with Gasteiger partial charge in [0.15, 0.2) is 0 Å². The van der Waals surface area contributed by atoms with Crippen LogP contribution < -0.4 is 10.6 Å². The van der Waals surface area contributed by atoms with Gasteiger partial charge in [-0.2, -0.15) is 0 Å². The van der Waals surface area contributed by atoms with Crippen molar-refractivity contribution < 1.29 is 9.59 Å². The monoisotopic (exact) mass is 373 g/mol.